The molecule has 0 radical (unpaired) electrons. The smallest absolute Gasteiger partial charge is 0.0123 e. The van der Waals surface area contributed by atoms with E-state index in [0.717, 1.165) is 24.4 Å². The van der Waals surface area contributed by atoms with Crippen molar-refractivity contribution >= 4 is 0 Å². The van der Waals surface area contributed by atoms with Gasteiger partial charge in [-0.15, -0.1) is 0 Å². The maximum absolute atomic E-state index is 5.72. The van der Waals surface area contributed by atoms with Crippen molar-refractivity contribution in [3.63, 3.8) is 0 Å². The van der Waals surface area contributed by atoms with E-state index < -0.39 is 0 Å². The van der Waals surface area contributed by atoms with E-state index in [9.17, 15) is 0 Å². The first-order chi connectivity index (χ1) is 8.35. The molecule has 2 rings (SSSR count). The summed E-state index contributed by atoms with van der Waals surface area (Å²) in [4.78, 5) is 2.82. The maximum Gasteiger partial charge on any atom is 0.0123 e. The van der Waals surface area contributed by atoms with Crippen molar-refractivity contribution in [1.82, 2.24) is 4.90 Å². The molecule has 1 aliphatic heterocycles. The third-order valence-corrected chi connectivity index (χ3v) is 4.99. The van der Waals surface area contributed by atoms with Crippen LogP contribution in [0.1, 0.15) is 58.3 Å². The van der Waals surface area contributed by atoms with Gasteiger partial charge >= 0.3 is 0 Å². The van der Waals surface area contributed by atoms with Crippen molar-refractivity contribution in [2.24, 2.45) is 17.6 Å². The highest BCUT2D eigenvalue weighted by atomic mass is 15.2. The topological polar surface area (TPSA) is 29.3 Å². The standard InChI is InChI=1S/C15H30N2/c1-2-14-7-3-4-8-15(14)17-11-5-6-13(12-17)9-10-16/h13-15H,2-12,16H2,1H3. The molecule has 1 saturated heterocycles. The zero-order valence-electron chi connectivity index (χ0n) is 11.5. The molecule has 0 bridgehead atoms. The van der Waals surface area contributed by atoms with Gasteiger partial charge in [-0.2, -0.15) is 0 Å². The Kier molecular flexibility index (Phi) is 5.30. The molecule has 2 fully saturated rings. The molecule has 3 atom stereocenters. The summed E-state index contributed by atoms with van der Waals surface area (Å²) >= 11 is 0. The van der Waals surface area contributed by atoms with Crippen LogP contribution in [0.3, 0.4) is 0 Å². The van der Waals surface area contributed by atoms with Gasteiger partial charge in [0.15, 0.2) is 0 Å². The molecule has 1 aliphatic carbocycles. The molecule has 1 saturated carbocycles. The fourth-order valence-electron chi connectivity index (χ4n) is 4.01. The summed E-state index contributed by atoms with van der Waals surface area (Å²) in [7, 11) is 0. The van der Waals surface area contributed by atoms with E-state index in [2.05, 4.69) is 11.8 Å². The van der Waals surface area contributed by atoms with Gasteiger partial charge in [-0.05, 0) is 57.0 Å². The van der Waals surface area contributed by atoms with Crippen LogP contribution in [-0.4, -0.2) is 30.6 Å². The molecule has 0 amide bonds. The minimum absolute atomic E-state index is 0.875. The van der Waals surface area contributed by atoms with Gasteiger partial charge in [0.2, 0.25) is 0 Å². The number of nitrogens with two attached hydrogens (primary N) is 1. The average Bonchev–Trinajstić information content (AvgIpc) is 2.39. The van der Waals surface area contributed by atoms with E-state index in [1.807, 2.05) is 0 Å². The van der Waals surface area contributed by atoms with Gasteiger partial charge in [0, 0.05) is 12.6 Å². The fraction of sp³-hybridized carbons (Fsp3) is 1.00. The van der Waals surface area contributed by atoms with Crippen molar-refractivity contribution in [3.8, 4) is 0 Å². The molecule has 3 unspecified atom stereocenters. The molecule has 0 spiro atoms. The Morgan fingerprint density at radius 3 is 2.71 bits per heavy atom. The summed E-state index contributed by atoms with van der Waals surface area (Å²) < 4.78 is 0. The van der Waals surface area contributed by atoms with E-state index in [1.165, 1.54) is 64.5 Å². The molecule has 0 aromatic carbocycles. The molecule has 2 heteroatoms. The lowest BCUT2D eigenvalue weighted by Crippen LogP contribution is -2.47. The van der Waals surface area contributed by atoms with Crippen molar-refractivity contribution in [2.75, 3.05) is 19.6 Å². The number of nitrogens with zero attached hydrogens (tertiary/aromatic N) is 1. The predicted octanol–water partition coefficient (Wildman–Crippen LogP) is 3.02. The molecular weight excluding hydrogens is 208 g/mol. The highest BCUT2D eigenvalue weighted by molar-refractivity contribution is 4.86. The minimum atomic E-state index is 0.875. The largest absolute Gasteiger partial charge is 0.330 e. The number of hydrogen-bond acceptors (Lipinski definition) is 2. The van der Waals surface area contributed by atoms with Crippen LogP contribution in [0.4, 0.5) is 0 Å². The number of piperidine rings is 1. The van der Waals surface area contributed by atoms with Gasteiger partial charge < -0.3 is 5.73 Å². The van der Waals surface area contributed by atoms with E-state index in [4.69, 9.17) is 5.73 Å². The van der Waals surface area contributed by atoms with Crippen LogP contribution in [0.5, 0.6) is 0 Å². The SMILES string of the molecule is CCC1CCCCC1N1CCCC(CCN)C1. The first-order valence-electron chi connectivity index (χ1n) is 7.79. The fourth-order valence-corrected chi connectivity index (χ4v) is 4.01. The monoisotopic (exact) mass is 238 g/mol. The third kappa shape index (κ3) is 3.45. The third-order valence-electron chi connectivity index (χ3n) is 4.99. The first-order valence-corrected chi connectivity index (χ1v) is 7.79. The Bertz CT molecular complexity index is 215. The molecule has 100 valence electrons. The summed E-state index contributed by atoms with van der Waals surface area (Å²) in [6, 6.07) is 0.898. The minimum Gasteiger partial charge on any atom is -0.330 e. The second-order valence-electron chi connectivity index (χ2n) is 6.10. The van der Waals surface area contributed by atoms with Crippen LogP contribution in [0.15, 0.2) is 0 Å². The molecular formula is C15H30N2. The molecule has 2 nitrogen and oxygen atoms in total. The summed E-state index contributed by atoms with van der Waals surface area (Å²) in [6.07, 6.45) is 11.3. The molecule has 17 heavy (non-hydrogen) atoms. The summed E-state index contributed by atoms with van der Waals surface area (Å²) in [5.41, 5.74) is 5.72. The molecule has 0 aromatic heterocycles. The second kappa shape index (κ2) is 6.75. The second-order valence-corrected chi connectivity index (χ2v) is 6.10. The molecule has 1 heterocycles. The van der Waals surface area contributed by atoms with Crippen molar-refractivity contribution in [1.29, 1.82) is 0 Å². The Hall–Kier alpha value is -0.0800. The van der Waals surface area contributed by atoms with E-state index in [1.54, 1.807) is 0 Å². The summed E-state index contributed by atoms with van der Waals surface area (Å²) in [5.74, 6) is 1.86. The Morgan fingerprint density at radius 1 is 1.12 bits per heavy atom. The predicted molar refractivity (Wildman–Crippen MR) is 74.0 cm³/mol. The normalized spacial score (nSPS) is 36.0. The van der Waals surface area contributed by atoms with Crippen LogP contribution in [-0.2, 0) is 0 Å². The highest BCUT2D eigenvalue weighted by Gasteiger charge is 2.31. The quantitative estimate of drug-likeness (QED) is 0.816. The number of rotatable bonds is 4. The van der Waals surface area contributed by atoms with E-state index in [0.29, 0.717) is 0 Å². The van der Waals surface area contributed by atoms with Crippen LogP contribution in [0.2, 0.25) is 0 Å². The van der Waals surface area contributed by atoms with Crippen molar-refractivity contribution < 1.29 is 0 Å². The lowest BCUT2D eigenvalue weighted by atomic mass is 9.80. The van der Waals surface area contributed by atoms with Gasteiger partial charge in [0.05, 0.1) is 0 Å². The zero-order chi connectivity index (χ0) is 12.1. The lowest BCUT2D eigenvalue weighted by molar-refractivity contribution is 0.0585. The van der Waals surface area contributed by atoms with Gasteiger partial charge in [0.1, 0.15) is 0 Å². The van der Waals surface area contributed by atoms with E-state index >= 15 is 0 Å². The highest BCUT2D eigenvalue weighted by Crippen LogP contribution is 2.33. The number of hydrogen-bond donors (Lipinski definition) is 1. The molecule has 2 aliphatic rings. The van der Waals surface area contributed by atoms with Crippen LogP contribution >= 0.6 is 0 Å². The summed E-state index contributed by atoms with van der Waals surface area (Å²) in [6.45, 7) is 5.94. The van der Waals surface area contributed by atoms with Crippen LogP contribution in [0.25, 0.3) is 0 Å². The Balaban J connectivity index is 1.90. The van der Waals surface area contributed by atoms with E-state index in [-0.39, 0.29) is 0 Å². The maximum atomic E-state index is 5.72. The van der Waals surface area contributed by atoms with Gasteiger partial charge in [0.25, 0.3) is 0 Å². The lowest BCUT2D eigenvalue weighted by Gasteiger charge is -2.44. The van der Waals surface area contributed by atoms with Gasteiger partial charge in [-0.3, -0.25) is 4.90 Å². The molecule has 0 aromatic rings. The van der Waals surface area contributed by atoms with Crippen molar-refractivity contribution in [2.45, 2.75) is 64.3 Å². The number of likely N-dealkylation sites (tertiary alicyclic amines) is 1. The zero-order valence-corrected chi connectivity index (χ0v) is 11.5. The Labute approximate surface area is 107 Å². The average molecular weight is 238 g/mol. The van der Waals surface area contributed by atoms with Gasteiger partial charge in [-0.1, -0.05) is 26.2 Å². The summed E-state index contributed by atoms with van der Waals surface area (Å²) in [5, 5.41) is 0. The Morgan fingerprint density at radius 2 is 1.94 bits per heavy atom. The van der Waals surface area contributed by atoms with Crippen molar-refractivity contribution in [3.05, 3.63) is 0 Å². The van der Waals surface area contributed by atoms with Gasteiger partial charge in [-0.25, -0.2) is 0 Å². The molecule has 2 N–H and O–H groups in total. The first kappa shape index (κ1) is 13.4. The van der Waals surface area contributed by atoms with Crippen LogP contribution < -0.4 is 5.73 Å². The van der Waals surface area contributed by atoms with Crippen LogP contribution in [0, 0.1) is 11.8 Å².